The number of nitrogens with zero attached hydrogens (tertiary/aromatic N) is 2. The molecule has 0 aliphatic carbocycles. The fraction of sp³-hybridized carbons (Fsp3) is 0.471. The van der Waals surface area contributed by atoms with Crippen LogP contribution in [0.15, 0.2) is 22.7 Å². The van der Waals surface area contributed by atoms with Crippen LogP contribution >= 0.6 is 0 Å². The molecular formula is C17H23N3O3. The van der Waals surface area contributed by atoms with Crippen LogP contribution in [0.25, 0.3) is 0 Å². The maximum absolute atomic E-state index is 11.0. The summed E-state index contributed by atoms with van der Waals surface area (Å²) in [5, 5.41) is 18.4. The van der Waals surface area contributed by atoms with Gasteiger partial charge in [0, 0.05) is 23.2 Å². The molecule has 0 fully saturated rings. The molecule has 23 heavy (non-hydrogen) atoms. The van der Waals surface area contributed by atoms with Crippen molar-refractivity contribution in [3.8, 4) is 0 Å². The molecule has 6 nitrogen and oxygen atoms in total. The number of hydrogen-bond donors (Lipinski definition) is 1. The molecule has 1 atom stereocenters. The van der Waals surface area contributed by atoms with Gasteiger partial charge in [-0.05, 0) is 52.6 Å². The Kier molecular flexibility index (Phi) is 5.50. The van der Waals surface area contributed by atoms with Crippen molar-refractivity contribution in [3.05, 3.63) is 56.5 Å². The maximum atomic E-state index is 11.0. The topological polar surface area (TPSA) is 81.2 Å². The van der Waals surface area contributed by atoms with Crippen molar-refractivity contribution in [1.82, 2.24) is 10.5 Å². The molecule has 0 bridgehead atoms. The normalized spacial score (nSPS) is 12.3. The predicted molar refractivity (Wildman–Crippen MR) is 88.5 cm³/mol. The van der Waals surface area contributed by atoms with Gasteiger partial charge in [-0.15, -0.1) is 0 Å². The molecule has 2 rings (SSSR count). The Labute approximate surface area is 136 Å². The second kappa shape index (κ2) is 7.37. The van der Waals surface area contributed by atoms with E-state index in [0.717, 1.165) is 42.0 Å². The summed E-state index contributed by atoms with van der Waals surface area (Å²) in [6.07, 6.45) is 1.87. The summed E-state index contributed by atoms with van der Waals surface area (Å²) in [6, 6.07) is 5.29. The van der Waals surface area contributed by atoms with Crippen molar-refractivity contribution in [2.24, 2.45) is 0 Å². The fourth-order valence-electron chi connectivity index (χ4n) is 2.86. The SMILES string of the molecule is Cc1noc(C)c1CCCN[C@@H](C)c1cccc([N+](=O)[O-])c1C. The highest BCUT2D eigenvalue weighted by Crippen LogP contribution is 2.25. The van der Waals surface area contributed by atoms with Crippen LogP contribution in [0.4, 0.5) is 5.69 Å². The minimum Gasteiger partial charge on any atom is -0.361 e. The lowest BCUT2D eigenvalue weighted by atomic mass is 10.0. The minimum absolute atomic E-state index is 0.0690. The highest BCUT2D eigenvalue weighted by Gasteiger charge is 2.16. The van der Waals surface area contributed by atoms with Crippen LogP contribution in [0.5, 0.6) is 0 Å². The van der Waals surface area contributed by atoms with Crippen LogP contribution in [0, 0.1) is 30.9 Å². The number of nitro groups is 1. The first-order chi connectivity index (χ1) is 10.9. The van der Waals surface area contributed by atoms with E-state index in [4.69, 9.17) is 4.52 Å². The Morgan fingerprint density at radius 3 is 2.70 bits per heavy atom. The summed E-state index contributed by atoms with van der Waals surface area (Å²) in [5.41, 5.74) is 3.99. The van der Waals surface area contributed by atoms with Crippen molar-refractivity contribution < 1.29 is 9.45 Å². The van der Waals surface area contributed by atoms with Gasteiger partial charge in [0.15, 0.2) is 0 Å². The van der Waals surface area contributed by atoms with Crippen molar-refractivity contribution in [2.75, 3.05) is 6.54 Å². The van der Waals surface area contributed by atoms with Gasteiger partial charge < -0.3 is 9.84 Å². The lowest BCUT2D eigenvalue weighted by molar-refractivity contribution is -0.385. The predicted octanol–water partition coefficient (Wildman–Crippen LogP) is 3.79. The third-order valence-corrected chi connectivity index (χ3v) is 4.25. The van der Waals surface area contributed by atoms with Crippen LogP contribution in [-0.2, 0) is 6.42 Å². The van der Waals surface area contributed by atoms with Crippen LogP contribution in [0.1, 0.15) is 47.5 Å². The number of hydrogen-bond acceptors (Lipinski definition) is 5. The molecule has 0 aliphatic rings. The Bertz CT molecular complexity index is 675. The van der Waals surface area contributed by atoms with E-state index >= 15 is 0 Å². The van der Waals surface area contributed by atoms with Gasteiger partial charge in [0.25, 0.3) is 5.69 Å². The van der Waals surface area contributed by atoms with Gasteiger partial charge in [-0.25, -0.2) is 0 Å². The fourth-order valence-corrected chi connectivity index (χ4v) is 2.86. The second-order valence-electron chi connectivity index (χ2n) is 5.83. The highest BCUT2D eigenvalue weighted by molar-refractivity contribution is 5.45. The molecule has 0 spiro atoms. The zero-order valence-corrected chi connectivity index (χ0v) is 14.0. The molecule has 1 aromatic carbocycles. The third-order valence-electron chi connectivity index (χ3n) is 4.25. The molecule has 0 saturated heterocycles. The first kappa shape index (κ1) is 17.1. The number of rotatable bonds is 7. The molecule has 0 amide bonds. The summed E-state index contributed by atoms with van der Waals surface area (Å²) in [7, 11) is 0. The zero-order valence-electron chi connectivity index (χ0n) is 14.0. The zero-order chi connectivity index (χ0) is 17.0. The summed E-state index contributed by atoms with van der Waals surface area (Å²) >= 11 is 0. The third kappa shape index (κ3) is 3.96. The quantitative estimate of drug-likeness (QED) is 0.477. The molecule has 1 heterocycles. The molecule has 0 saturated carbocycles. The van der Waals surface area contributed by atoms with E-state index in [1.165, 1.54) is 5.56 Å². The van der Waals surface area contributed by atoms with Gasteiger partial charge in [0.1, 0.15) is 5.76 Å². The van der Waals surface area contributed by atoms with Gasteiger partial charge in [-0.2, -0.15) is 0 Å². The summed E-state index contributed by atoms with van der Waals surface area (Å²) < 4.78 is 5.16. The average molecular weight is 317 g/mol. The van der Waals surface area contributed by atoms with E-state index in [0.29, 0.717) is 0 Å². The van der Waals surface area contributed by atoms with Crippen molar-refractivity contribution >= 4 is 5.69 Å². The standard InChI is InChI=1S/C17H23N3O3/c1-11-15(7-5-9-17(11)20(21)22)12(2)18-10-6-8-16-13(3)19-23-14(16)4/h5,7,9,12,18H,6,8,10H2,1-4H3/t12-/m0/s1. The first-order valence-corrected chi connectivity index (χ1v) is 7.80. The highest BCUT2D eigenvalue weighted by atomic mass is 16.6. The van der Waals surface area contributed by atoms with Crippen LogP contribution in [0.3, 0.4) is 0 Å². The lowest BCUT2D eigenvalue weighted by Gasteiger charge is -2.16. The van der Waals surface area contributed by atoms with Crippen LogP contribution in [0.2, 0.25) is 0 Å². The van der Waals surface area contributed by atoms with Gasteiger partial charge in [-0.3, -0.25) is 10.1 Å². The Morgan fingerprint density at radius 2 is 2.09 bits per heavy atom. The minimum atomic E-state index is -0.330. The molecule has 0 aliphatic heterocycles. The van der Waals surface area contributed by atoms with Gasteiger partial charge >= 0.3 is 0 Å². The van der Waals surface area contributed by atoms with Crippen molar-refractivity contribution in [1.29, 1.82) is 0 Å². The number of aromatic nitrogens is 1. The molecular weight excluding hydrogens is 294 g/mol. The monoisotopic (exact) mass is 317 g/mol. The largest absolute Gasteiger partial charge is 0.361 e. The maximum Gasteiger partial charge on any atom is 0.272 e. The molecule has 6 heteroatoms. The molecule has 124 valence electrons. The molecule has 1 aromatic heterocycles. The summed E-state index contributed by atoms with van der Waals surface area (Å²) in [5.74, 6) is 0.880. The number of nitrogens with one attached hydrogen (secondary N) is 1. The number of nitro benzene ring substituents is 1. The smallest absolute Gasteiger partial charge is 0.272 e. The number of aryl methyl sites for hydroxylation is 2. The molecule has 0 radical (unpaired) electrons. The Hall–Kier alpha value is -2.21. The van der Waals surface area contributed by atoms with E-state index in [-0.39, 0.29) is 16.7 Å². The Morgan fingerprint density at radius 1 is 1.35 bits per heavy atom. The van der Waals surface area contributed by atoms with Crippen molar-refractivity contribution in [3.63, 3.8) is 0 Å². The van der Waals surface area contributed by atoms with Gasteiger partial charge in [0.2, 0.25) is 0 Å². The molecule has 1 N–H and O–H groups in total. The van der Waals surface area contributed by atoms with Gasteiger partial charge in [-0.1, -0.05) is 17.3 Å². The summed E-state index contributed by atoms with van der Waals surface area (Å²) in [4.78, 5) is 10.7. The van der Waals surface area contributed by atoms with Crippen LogP contribution < -0.4 is 5.32 Å². The summed E-state index contributed by atoms with van der Waals surface area (Å²) in [6.45, 7) is 8.54. The van der Waals surface area contributed by atoms with E-state index in [1.54, 1.807) is 19.1 Å². The van der Waals surface area contributed by atoms with Crippen LogP contribution in [-0.4, -0.2) is 16.6 Å². The Balaban J connectivity index is 1.92. The van der Waals surface area contributed by atoms with E-state index < -0.39 is 0 Å². The molecule has 0 unspecified atom stereocenters. The second-order valence-corrected chi connectivity index (χ2v) is 5.83. The van der Waals surface area contributed by atoms with E-state index in [9.17, 15) is 10.1 Å². The van der Waals surface area contributed by atoms with Crippen molar-refractivity contribution in [2.45, 2.75) is 46.6 Å². The number of benzene rings is 1. The average Bonchev–Trinajstić information content (AvgIpc) is 2.82. The molecule has 2 aromatic rings. The van der Waals surface area contributed by atoms with E-state index in [1.807, 2.05) is 26.8 Å². The lowest BCUT2D eigenvalue weighted by Crippen LogP contribution is -2.21. The van der Waals surface area contributed by atoms with E-state index in [2.05, 4.69) is 10.5 Å². The first-order valence-electron chi connectivity index (χ1n) is 7.80. The van der Waals surface area contributed by atoms with Gasteiger partial charge in [0.05, 0.1) is 10.6 Å².